The van der Waals surface area contributed by atoms with Crippen LogP contribution in [0.25, 0.3) is 105 Å². The highest BCUT2D eigenvalue weighted by Gasteiger charge is 2.18. The molecule has 0 aliphatic heterocycles. The fraction of sp³-hybridized carbons (Fsp3) is 0.0179. The van der Waals surface area contributed by atoms with Crippen LogP contribution in [0.5, 0.6) is 0 Å². The second-order valence-corrected chi connectivity index (χ2v) is 15.7. The standard InChI is InChI=1S/C56H36N4/c1-36-32-37(35-57)18-31-50(36)60-55-33-40(38-19-25-42(26-20-38)58-51-14-6-2-10-44(51)45-11-3-7-15-52(45)58)23-29-48(55)49-30-24-41(34-56(49)60)39-21-27-43(28-22-39)59-53-16-8-4-12-46(53)47-13-5-9-17-54(47)59/h2-34H,1H3. The number of hydrogen-bond donors (Lipinski definition) is 0. The summed E-state index contributed by atoms with van der Waals surface area (Å²) in [7, 11) is 0. The monoisotopic (exact) mass is 764 g/mol. The zero-order valence-electron chi connectivity index (χ0n) is 32.8. The maximum atomic E-state index is 9.76. The predicted molar refractivity (Wildman–Crippen MR) is 250 cm³/mol. The number of nitriles is 1. The topological polar surface area (TPSA) is 38.6 Å². The Balaban J connectivity index is 0.982. The van der Waals surface area contributed by atoms with Crippen molar-refractivity contribution in [2.75, 3.05) is 0 Å². The Morgan fingerprint density at radius 1 is 0.333 bits per heavy atom. The Morgan fingerprint density at radius 2 is 0.700 bits per heavy atom. The van der Waals surface area contributed by atoms with Gasteiger partial charge in [-0.05, 0) is 114 Å². The molecule has 4 heteroatoms. The van der Waals surface area contributed by atoms with Crippen LogP contribution in [0.2, 0.25) is 0 Å². The van der Waals surface area contributed by atoms with Crippen LogP contribution in [0.4, 0.5) is 0 Å². The van der Waals surface area contributed by atoms with E-state index < -0.39 is 0 Å². The van der Waals surface area contributed by atoms with Gasteiger partial charge in [0.1, 0.15) is 0 Å². The van der Waals surface area contributed by atoms with Crippen LogP contribution in [0.1, 0.15) is 11.1 Å². The summed E-state index contributed by atoms with van der Waals surface area (Å²) in [6.45, 7) is 2.10. The molecule has 0 aliphatic carbocycles. The number of nitrogens with zero attached hydrogens (tertiary/aromatic N) is 4. The summed E-state index contributed by atoms with van der Waals surface area (Å²) < 4.78 is 7.10. The first-order chi connectivity index (χ1) is 29.6. The Morgan fingerprint density at radius 3 is 1.08 bits per heavy atom. The summed E-state index contributed by atoms with van der Waals surface area (Å²) >= 11 is 0. The van der Waals surface area contributed by atoms with E-state index in [1.54, 1.807) is 0 Å². The number of fused-ring (bicyclic) bond motifs is 9. The van der Waals surface area contributed by atoms with Crippen LogP contribution >= 0.6 is 0 Å². The van der Waals surface area contributed by atoms with E-state index in [0.717, 1.165) is 55.9 Å². The largest absolute Gasteiger partial charge is 0.309 e. The van der Waals surface area contributed by atoms with Crippen LogP contribution in [-0.2, 0) is 0 Å². The molecule has 9 aromatic carbocycles. The van der Waals surface area contributed by atoms with Crippen molar-refractivity contribution < 1.29 is 0 Å². The number of rotatable bonds is 5. The fourth-order valence-corrected chi connectivity index (χ4v) is 9.62. The van der Waals surface area contributed by atoms with Gasteiger partial charge in [-0.15, -0.1) is 0 Å². The highest BCUT2D eigenvalue weighted by molar-refractivity contribution is 6.12. The number of para-hydroxylation sites is 4. The minimum atomic E-state index is 0.657. The van der Waals surface area contributed by atoms with Crippen molar-refractivity contribution in [1.29, 1.82) is 5.26 Å². The van der Waals surface area contributed by atoms with Crippen molar-refractivity contribution in [3.8, 4) is 45.4 Å². The summed E-state index contributed by atoms with van der Waals surface area (Å²) in [6.07, 6.45) is 0. The third-order valence-corrected chi connectivity index (χ3v) is 12.4. The lowest BCUT2D eigenvalue weighted by molar-refractivity contribution is 1.15. The van der Waals surface area contributed by atoms with Gasteiger partial charge in [0.15, 0.2) is 0 Å². The summed E-state index contributed by atoms with van der Waals surface area (Å²) in [5, 5.41) is 17.2. The molecule has 12 rings (SSSR count). The molecule has 0 bridgehead atoms. The maximum absolute atomic E-state index is 9.76. The zero-order valence-corrected chi connectivity index (χ0v) is 32.8. The van der Waals surface area contributed by atoms with E-state index in [0.29, 0.717) is 5.56 Å². The number of benzene rings is 9. The van der Waals surface area contributed by atoms with Crippen LogP contribution in [0.3, 0.4) is 0 Å². The molecule has 0 radical (unpaired) electrons. The van der Waals surface area contributed by atoms with Crippen LogP contribution < -0.4 is 0 Å². The Kier molecular flexibility index (Phi) is 7.48. The van der Waals surface area contributed by atoms with E-state index in [9.17, 15) is 5.26 Å². The molecular weight excluding hydrogens is 729 g/mol. The highest BCUT2D eigenvalue weighted by Crippen LogP contribution is 2.39. The molecule has 0 spiro atoms. The van der Waals surface area contributed by atoms with Gasteiger partial charge in [0.25, 0.3) is 0 Å². The molecule has 0 saturated carbocycles. The molecule has 4 nitrogen and oxygen atoms in total. The molecule has 60 heavy (non-hydrogen) atoms. The lowest BCUT2D eigenvalue weighted by atomic mass is 10.0. The molecule has 3 aromatic heterocycles. The molecule has 280 valence electrons. The minimum absolute atomic E-state index is 0.657. The van der Waals surface area contributed by atoms with Gasteiger partial charge in [-0.2, -0.15) is 5.26 Å². The molecule has 0 unspecified atom stereocenters. The second kappa shape index (κ2) is 13.2. The van der Waals surface area contributed by atoms with Gasteiger partial charge in [-0.25, -0.2) is 0 Å². The minimum Gasteiger partial charge on any atom is -0.309 e. The van der Waals surface area contributed by atoms with E-state index in [1.165, 1.54) is 54.4 Å². The van der Waals surface area contributed by atoms with Crippen LogP contribution in [0.15, 0.2) is 200 Å². The second-order valence-electron chi connectivity index (χ2n) is 15.7. The van der Waals surface area contributed by atoms with Crippen molar-refractivity contribution in [2.45, 2.75) is 6.92 Å². The molecule has 0 fully saturated rings. The van der Waals surface area contributed by atoms with Crippen molar-refractivity contribution in [3.05, 3.63) is 211 Å². The third-order valence-electron chi connectivity index (χ3n) is 12.4. The van der Waals surface area contributed by atoms with Gasteiger partial charge in [-0.1, -0.05) is 121 Å². The maximum Gasteiger partial charge on any atom is 0.0991 e. The van der Waals surface area contributed by atoms with E-state index in [2.05, 4.69) is 215 Å². The van der Waals surface area contributed by atoms with Crippen molar-refractivity contribution >= 4 is 65.4 Å². The van der Waals surface area contributed by atoms with Crippen molar-refractivity contribution in [3.63, 3.8) is 0 Å². The summed E-state index contributed by atoms with van der Waals surface area (Å²) in [6, 6.07) is 74.4. The van der Waals surface area contributed by atoms with Crippen LogP contribution in [0, 0.1) is 18.3 Å². The average Bonchev–Trinajstić information content (AvgIpc) is 3.94. The van der Waals surface area contributed by atoms with Gasteiger partial charge in [0, 0.05) is 49.4 Å². The SMILES string of the molecule is Cc1cc(C#N)ccc1-n1c2cc(-c3ccc(-n4c5ccccc5c5ccccc54)cc3)ccc2c2ccc(-c3ccc(-n4c5ccccc5c5ccccc54)cc3)cc21. The summed E-state index contributed by atoms with van der Waals surface area (Å²) in [5.41, 5.74) is 16.7. The zero-order chi connectivity index (χ0) is 39.9. The first-order valence-corrected chi connectivity index (χ1v) is 20.4. The predicted octanol–water partition coefficient (Wildman–Crippen LogP) is 14.5. The summed E-state index contributed by atoms with van der Waals surface area (Å²) in [5.74, 6) is 0. The molecule has 0 N–H and O–H groups in total. The molecule has 3 heterocycles. The third kappa shape index (κ3) is 5.10. The molecule has 0 amide bonds. The Labute approximate surface area is 346 Å². The Hall–Kier alpha value is -8.13. The van der Waals surface area contributed by atoms with Crippen LogP contribution in [-0.4, -0.2) is 13.7 Å². The van der Waals surface area contributed by atoms with Crippen molar-refractivity contribution in [2.24, 2.45) is 0 Å². The first kappa shape index (κ1) is 34.0. The van der Waals surface area contributed by atoms with E-state index in [4.69, 9.17) is 0 Å². The van der Waals surface area contributed by atoms with E-state index in [-0.39, 0.29) is 0 Å². The lowest BCUT2D eigenvalue weighted by Crippen LogP contribution is -1.98. The van der Waals surface area contributed by atoms with Crippen molar-refractivity contribution in [1.82, 2.24) is 13.7 Å². The highest BCUT2D eigenvalue weighted by atomic mass is 15.0. The quantitative estimate of drug-likeness (QED) is 0.172. The lowest BCUT2D eigenvalue weighted by Gasteiger charge is -2.13. The molecule has 12 aromatic rings. The smallest absolute Gasteiger partial charge is 0.0991 e. The van der Waals surface area contributed by atoms with Gasteiger partial charge in [0.05, 0.1) is 44.7 Å². The van der Waals surface area contributed by atoms with Gasteiger partial charge >= 0.3 is 0 Å². The number of aryl methyl sites for hydroxylation is 1. The first-order valence-electron chi connectivity index (χ1n) is 20.4. The fourth-order valence-electron chi connectivity index (χ4n) is 9.62. The van der Waals surface area contributed by atoms with Gasteiger partial charge < -0.3 is 13.7 Å². The molecule has 0 aliphatic rings. The average molecular weight is 765 g/mol. The van der Waals surface area contributed by atoms with Gasteiger partial charge in [0.2, 0.25) is 0 Å². The number of aromatic nitrogens is 3. The van der Waals surface area contributed by atoms with E-state index >= 15 is 0 Å². The normalized spacial score (nSPS) is 11.7. The molecular formula is C56H36N4. The van der Waals surface area contributed by atoms with Gasteiger partial charge in [-0.3, -0.25) is 0 Å². The summed E-state index contributed by atoms with van der Waals surface area (Å²) in [4.78, 5) is 0. The number of hydrogen-bond acceptors (Lipinski definition) is 1. The van der Waals surface area contributed by atoms with E-state index in [1.807, 2.05) is 12.1 Å². The molecule has 0 atom stereocenters. The molecule has 0 saturated heterocycles. The Bertz CT molecular complexity index is 3400.